The van der Waals surface area contributed by atoms with Crippen molar-refractivity contribution in [1.82, 2.24) is 29.7 Å². The van der Waals surface area contributed by atoms with Crippen molar-refractivity contribution < 1.29 is 18.7 Å². The molecule has 25 heavy (non-hydrogen) atoms. The van der Waals surface area contributed by atoms with Gasteiger partial charge in [0.15, 0.2) is 17.4 Å². The van der Waals surface area contributed by atoms with Gasteiger partial charge in [0, 0.05) is 14.0 Å². The molecule has 1 N–H and O–H groups in total. The smallest absolute Gasteiger partial charge is 0.352 e. The molecule has 0 aliphatic heterocycles. The number of halogens is 1. The standard InChI is InChI=1S/C14H17FN6O4/c1-7(22)25-11-8(15)4-3-5-9(11)17-13(23)10-12-18-19-20(2)14(24)21(12)6-16-10/h6,8-9,11H,3-5H2,1-2H3,(H,17,23). The first-order chi connectivity index (χ1) is 11.9. The highest BCUT2D eigenvalue weighted by Crippen LogP contribution is 2.25. The molecule has 0 aromatic carbocycles. The zero-order chi connectivity index (χ0) is 18.1. The third-order valence-corrected chi connectivity index (χ3v) is 4.08. The summed E-state index contributed by atoms with van der Waals surface area (Å²) in [5, 5.41) is 10.0. The lowest BCUT2D eigenvalue weighted by molar-refractivity contribution is -0.153. The van der Waals surface area contributed by atoms with Gasteiger partial charge in [-0.05, 0) is 19.3 Å². The van der Waals surface area contributed by atoms with Crippen LogP contribution in [-0.2, 0) is 16.6 Å². The normalized spacial score (nSPS) is 23.4. The fourth-order valence-corrected chi connectivity index (χ4v) is 2.89. The summed E-state index contributed by atoms with van der Waals surface area (Å²) in [6.07, 6.45) is 0.0391. The number of hydrogen-bond donors (Lipinski definition) is 1. The summed E-state index contributed by atoms with van der Waals surface area (Å²) < 4.78 is 21.2. The summed E-state index contributed by atoms with van der Waals surface area (Å²) >= 11 is 0. The highest BCUT2D eigenvalue weighted by Gasteiger charge is 2.37. The van der Waals surface area contributed by atoms with Crippen molar-refractivity contribution >= 4 is 17.5 Å². The molecule has 0 radical (unpaired) electrons. The maximum atomic E-state index is 14.1. The second-order valence-electron chi connectivity index (χ2n) is 5.88. The molecule has 1 saturated carbocycles. The van der Waals surface area contributed by atoms with Crippen molar-refractivity contribution in [1.29, 1.82) is 0 Å². The largest absolute Gasteiger partial charge is 0.457 e. The number of carbonyl (C=O) groups is 2. The van der Waals surface area contributed by atoms with Crippen LogP contribution < -0.4 is 11.0 Å². The lowest BCUT2D eigenvalue weighted by atomic mass is 9.90. The highest BCUT2D eigenvalue weighted by molar-refractivity contribution is 5.98. The number of aromatic nitrogens is 5. The Morgan fingerprint density at radius 1 is 1.40 bits per heavy atom. The second-order valence-corrected chi connectivity index (χ2v) is 5.88. The molecule has 1 aliphatic rings. The minimum absolute atomic E-state index is 0.00255. The van der Waals surface area contributed by atoms with E-state index in [0.29, 0.717) is 12.8 Å². The van der Waals surface area contributed by atoms with Crippen molar-refractivity contribution in [3.05, 3.63) is 22.5 Å². The molecule has 2 aromatic heterocycles. The number of nitrogens with zero attached hydrogens (tertiary/aromatic N) is 5. The van der Waals surface area contributed by atoms with E-state index < -0.39 is 35.9 Å². The molecule has 0 spiro atoms. The summed E-state index contributed by atoms with van der Waals surface area (Å²) in [4.78, 5) is 39.5. The van der Waals surface area contributed by atoms with E-state index in [0.717, 1.165) is 9.08 Å². The van der Waals surface area contributed by atoms with Gasteiger partial charge in [0.1, 0.15) is 12.5 Å². The number of fused-ring (bicyclic) bond motifs is 1. The van der Waals surface area contributed by atoms with Crippen molar-refractivity contribution in [3.63, 3.8) is 0 Å². The van der Waals surface area contributed by atoms with Crippen molar-refractivity contribution in [2.45, 2.75) is 44.5 Å². The predicted molar refractivity (Wildman–Crippen MR) is 81.6 cm³/mol. The van der Waals surface area contributed by atoms with Gasteiger partial charge >= 0.3 is 11.7 Å². The van der Waals surface area contributed by atoms with Crippen LogP contribution in [0.5, 0.6) is 0 Å². The molecule has 0 bridgehead atoms. The zero-order valence-corrected chi connectivity index (χ0v) is 13.7. The molecule has 134 valence electrons. The van der Waals surface area contributed by atoms with Gasteiger partial charge in [-0.15, -0.1) is 5.10 Å². The number of esters is 1. The number of ether oxygens (including phenoxy) is 1. The number of imidazole rings is 1. The fourth-order valence-electron chi connectivity index (χ4n) is 2.89. The van der Waals surface area contributed by atoms with E-state index in [1.165, 1.54) is 20.3 Å². The Bertz CT molecular complexity index is 878. The van der Waals surface area contributed by atoms with E-state index in [9.17, 15) is 18.8 Å². The summed E-state index contributed by atoms with van der Waals surface area (Å²) in [6.45, 7) is 1.19. The van der Waals surface area contributed by atoms with Crippen LogP contribution in [0.4, 0.5) is 4.39 Å². The SMILES string of the molecule is CC(=O)OC1C(F)CCCC1NC(=O)c1ncn2c(=O)n(C)nnc12. The van der Waals surface area contributed by atoms with E-state index in [2.05, 4.69) is 20.6 Å². The van der Waals surface area contributed by atoms with E-state index in [4.69, 9.17) is 4.74 Å². The van der Waals surface area contributed by atoms with Crippen LogP contribution in [-0.4, -0.2) is 54.6 Å². The second kappa shape index (κ2) is 6.57. The van der Waals surface area contributed by atoms with Gasteiger partial charge in [-0.3, -0.25) is 9.59 Å². The van der Waals surface area contributed by atoms with Crippen LogP contribution >= 0.6 is 0 Å². The Morgan fingerprint density at radius 2 is 2.16 bits per heavy atom. The van der Waals surface area contributed by atoms with Crippen LogP contribution in [0.25, 0.3) is 5.65 Å². The number of aryl methyl sites for hydroxylation is 1. The third kappa shape index (κ3) is 3.21. The number of nitrogens with one attached hydrogen (secondary N) is 1. The molecule has 10 nitrogen and oxygen atoms in total. The number of amides is 1. The summed E-state index contributed by atoms with van der Waals surface area (Å²) in [6, 6.07) is -0.684. The minimum atomic E-state index is -1.35. The Balaban J connectivity index is 1.85. The molecular weight excluding hydrogens is 335 g/mol. The van der Waals surface area contributed by atoms with Gasteiger partial charge in [-0.1, -0.05) is 5.21 Å². The van der Waals surface area contributed by atoms with Gasteiger partial charge in [-0.25, -0.2) is 18.6 Å². The van der Waals surface area contributed by atoms with E-state index in [1.807, 2.05) is 0 Å². The first-order valence-corrected chi connectivity index (χ1v) is 7.77. The molecule has 2 aromatic rings. The Labute approximate surface area is 141 Å². The molecule has 3 atom stereocenters. The van der Waals surface area contributed by atoms with Gasteiger partial charge in [0.2, 0.25) is 0 Å². The Hall–Kier alpha value is -2.85. The fraction of sp³-hybridized carbons (Fsp3) is 0.571. The van der Waals surface area contributed by atoms with Gasteiger partial charge in [0.05, 0.1) is 6.04 Å². The van der Waals surface area contributed by atoms with Crippen LogP contribution in [0.3, 0.4) is 0 Å². The molecule has 1 amide bonds. The molecule has 2 heterocycles. The van der Waals surface area contributed by atoms with Crippen molar-refractivity contribution in [2.75, 3.05) is 0 Å². The van der Waals surface area contributed by atoms with Crippen LogP contribution in [0.2, 0.25) is 0 Å². The maximum absolute atomic E-state index is 14.1. The molecule has 11 heteroatoms. The quantitative estimate of drug-likeness (QED) is 0.731. The van der Waals surface area contributed by atoms with Gasteiger partial charge < -0.3 is 10.1 Å². The topological polar surface area (TPSA) is 120 Å². The van der Waals surface area contributed by atoms with E-state index >= 15 is 0 Å². The Morgan fingerprint density at radius 3 is 2.88 bits per heavy atom. The number of rotatable bonds is 3. The molecule has 3 unspecified atom stereocenters. The minimum Gasteiger partial charge on any atom is -0.457 e. The first kappa shape index (κ1) is 17.0. The van der Waals surface area contributed by atoms with Crippen LogP contribution in [0.1, 0.15) is 36.7 Å². The third-order valence-electron chi connectivity index (χ3n) is 4.08. The summed E-state index contributed by atoms with van der Waals surface area (Å²) in [7, 11) is 1.42. The average Bonchev–Trinajstić information content (AvgIpc) is 2.99. The maximum Gasteiger partial charge on any atom is 0.352 e. The zero-order valence-electron chi connectivity index (χ0n) is 13.7. The number of hydrogen-bond acceptors (Lipinski definition) is 7. The first-order valence-electron chi connectivity index (χ1n) is 7.77. The van der Waals surface area contributed by atoms with E-state index in [1.54, 1.807) is 0 Å². The lowest BCUT2D eigenvalue weighted by Gasteiger charge is -2.33. The predicted octanol–water partition coefficient (Wildman–Crippen LogP) is -0.625. The lowest BCUT2D eigenvalue weighted by Crippen LogP contribution is -2.51. The molecular formula is C14H17FN6O4. The molecule has 0 saturated heterocycles. The van der Waals surface area contributed by atoms with Crippen molar-refractivity contribution in [2.24, 2.45) is 7.05 Å². The van der Waals surface area contributed by atoms with Gasteiger partial charge in [0.25, 0.3) is 5.91 Å². The highest BCUT2D eigenvalue weighted by atomic mass is 19.1. The molecule has 1 fully saturated rings. The molecule has 1 aliphatic carbocycles. The Kier molecular flexibility index (Phi) is 4.47. The monoisotopic (exact) mass is 352 g/mol. The summed E-state index contributed by atoms with van der Waals surface area (Å²) in [5.74, 6) is -1.25. The van der Waals surface area contributed by atoms with Crippen molar-refractivity contribution in [3.8, 4) is 0 Å². The molecule has 3 rings (SSSR count). The average molecular weight is 352 g/mol. The number of alkyl halides is 1. The van der Waals surface area contributed by atoms with Crippen LogP contribution in [0, 0.1) is 0 Å². The summed E-state index contributed by atoms with van der Waals surface area (Å²) in [5.41, 5.74) is -0.610. The number of carbonyl (C=O) groups excluding carboxylic acids is 2. The van der Waals surface area contributed by atoms with Crippen LogP contribution in [0.15, 0.2) is 11.1 Å². The van der Waals surface area contributed by atoms with Gasteiger partial charge in [-0.2, -0.15) is 4.68 Å². The van der Waals surface area contributed by atoms with E-state index in [-0.39, 0.29) is 17.8 Å².